The minimum atomic E-state index is -0.935. The molecule has 0 fully saturated rings. The number of nitriles is 2. The second-order valence-corrected chi connectivity index (χ2v) is 3.23. The summed E-state index contributed by atoms with van der Waals surface area (Å²) < 4.78 is 4.66. The second-order valence-electron chi connectivity index (χ2n) is 3.23. The van der Waals surface area contributed by atoms with Gasteiger partial charge in [0.1, 0.15) is 6.61 Å². The van der Waals surface area contributed by atoms with Crippen molar-refractivity contribution >= 4 is 11.9 Å². The molecule has 1 N–H and O–H groups in total. The Morgan fingerprint density at radius 3 is 2.17 bits per heavy atom. The number of nitrogens with zero attached hydrogens (tertiary/aromatic N) is 2. The van der Waals surface area contributed by atoms with Gasteiger partial charge in [-0.3, -0.25) is 4.79 Å². The molecule has 0 aliphatic heterocycles. The Hall–Kier alpha value is -2.34. The maximum Gasteiger partial charge on any atom is 0.330 e. The molecule has 0 radical (unpaired) electrons. The van der Waals surface area contributed by atoms with Crippen LogP contribution in [0.2, 0.25) is 0 Å². The number of hydrogen-bond acceptors (Lipinski definition) is 5. The molecule has 18 heavy (non-hydrogen) atoms. The Morgan fingerprint density at radius 2 is 1.78 bits per heavy atom. The lowest BCUT2D eigenvalue weighted by molar-refractivity contribution is -0.143. The fraction of sp³-hybridized carbons (Fsp3) is 0.500. The Bertz CT molecular complexity index is 329. The van der Waals surface area contributed by atoms with Gasteiger partial charge in [0, 0.05) is 18.4 Å². The second kappa shape index (κ2) is 12.7. The van der Waals surface area contributed by atoms with E-state index in [0.29, 0.717) is 12.8 Å². The van der Waals surface area contributed by atoms with E-state index in [1.807, 2.05) is 12.1 Å². The number of ether oxygens (including phenoxy) is 1. The molecular formula is C12H16N2O4. The number of rotatable bonds is 6. The third-order valence-electron chi connectivity index (χ3n) is 1.51. The molecule has 0 heterocycles. The van der Waals surface area contributed by atoms with Crippen LogP contribution in [0.4, 0.5) is 0 Å². The van der Waals surface area contributed by atoms with Gasteiger partial charge >= 0.3 is 11.9 Å². The van der Waals surface area contributed by atoms with Crippen LogP contribution in [0.1, 0.15) is 32.6 Å². The van der Waals surface area contributed by atoms with Crippen LogP contribution in [-0.2, 0) is 14.3 Å². The molecule has 0 aromatic carbocycles. The van der Waals surface area contributed by atoms with E-state index in [-0.39, 0.29) is 31.0 Å². The summed E-state index contributed by atoms with van der Waals surface area (Å²) in [5, 5.41) is 24.1. The molecule has 0 aromatic heterocycles. The number of aliphatic carboxylic acids is 1. The van der Waals surface area contributed by atoms with Gasteiger partial charge in [0.15, 0.2) is 0 Å². The Morgan fingerprint density at radius 1 is 1.28 bits per heavy atom. The summed E-state index contributed by atoms with van der Waals surface area (Å²) in [6.45, 7) is 4.76. The first-order valence-electron chi connectivity index (χ1n) is 5.24. The zero-order valence-corrected chi connectivity index (χ0v) is 10.3. The van der Waals surface area contributed by atoms with E-state index in [2.05, 4.69) is 11.3 Å². The van der Waals surface area contributed by atoms with Gasteiger partial charge in [-0.05, 0) is 13.3 Å². The highest BCUT2D eigenvalue weighted by atomic mass is 16.5. The number of carbonyl (C=O) groups is 2. The highest BCUT2D eigenvalue weighted by Crippen LogP contribution is 1.96. The number of carboxylic acid groups (broad SMARTS) is 1. The standard InChI is InChI=1S/C8H10N2O2.C4H6O2/c9-5-2-1-4-8(11)12-7-3-6-10;1-3(2)4(5)6/h1-4,7H2;1H2,2H3,(H,5,6). The summed E-state index contributed by atoms with van der Waals surface area (Å²) in [6.07, 6.45) is 1.39. The first kappa shape index (κ1) is 18.0. The monoisotopic (exact) mass is 252 g/mol. The topological polar surface area (TPSA) is 111 Å². The van der Waals surface area contributed by atoms with Crippen molar-refractivity contribution in [3.8, 4) is 12.1 Å². The van der Waals surface area contributed by atoms with Crippen LogP contribution in [-0.4, -0.2) is 23.7 Å². The van der Waals surface area contributed by atoms with Gasteiger partial charge in [-0.25, -0.2) is 4.79 Å². The molecule has 0 atom stereocenters. The Balaban J connectivity index is 0. The SMILES string of the molecule is C=C(C)C(=O)O.N#CCCCC(=O)OCCC#N. The zero-order chi connectivity index (χ0) is 14.4. The molecule has 0 aromatic rings. The van der Waals surface area contributed by atoms with E-state index < -0.39 is 5.97 Å². The molecule has 0 saturated heterocycles. The Labute approximate surface area is 106 Å². The van der Waals surface area contributed by atoms with Gasteiger partial charge in [0.25, 0.3) is 0 Å². The third-order valence-corrected chi connectivity index (χ3v) is 1.51. The van der Waals surface area contributed by atoms with Crippen LogP contribution in [0, 0.1) is 22.7 Å². The van der Waals surface area contributed by atoms with Crippen LogP contribution in [0.25, 0.3) is 0 Å². The Kier molecular flexibility index (Phi) is 12.8. The van der Waals surface area contributed by atoms with Crippen molar-refractivity contribution in [3.05, 3.63) is 12.2 Å². The number of esters is 1. The number of hydrogen-bond donors (Lipinski definition) is 1. The van der Waals surface area contributed by atoms with Crippen molar-refractivity contribution in [1.29, 1.82) is 10.5 Å². The first-order chi connectivity index (χ1) is 8.45. The summed E-state index contributed by atoms with van der Waals surface area (Å²) in [7, 11) is 0. The van der Waals surface area contributed by atoms with Crippen LogP contribution < -0.4 is 0 Å². The van der Waals surface area contributed by atoms with Gasteiger partial charge in [0.2, 0.25) is 0 Å². The fourth-order valence-corrected chi connectivity index (χ4v) is 0.594. The summed E-state index contributed by atoms with van der Waals surface area (Å²) in [4.78, 5) is 20.4. The summed E-state index contributed by atoms with van der Waals surface area (Å²) >= 11 is 0. The minimum absolute atomic E-state index is 0.155. The average Bonchev–Trinajstić information content (AvgIpc) is 2.30. The largest absolute Gasteiger partial charge is 0.478 e. The minimum Gasteiger partial charge on any atom is -0.478 e. The maximum atomic E-state index is 10.8. The van der Waals surface area contributed by atoms with E-state index >= 15 is 0 Å². The van der Waals surface area contributed by atoms with E-state index in [4.69, 9.17) is 15.6 Å². The predicted octanol–water partition coefficient (Wildman–Crippen LogP) is 1.78. The molecule has 6 heteroatoms. The summed E-state index contributed by atoms with van der Waals surface area (Å²) in [5.41, 5.74) is 0.176. The van der Waals surface area contributed by atoms with Crippen molar-refractivity contribution in [2.75, 3.05) is 6.61 Å². The number of carbonyl (C=O) groups excluding carboxylic acids is 1. The van der Waals surface area contributed by atoms with Crippen molar-refractivity contribution < 1.29 is 19.4 Å². The molecule has 98 valence electrons. The molecular weight excluding hydrogens is 236 g/mol. The van der Waals surface area contributed by atoms with Crippen molar-refractivity contribution in [2.24, 2.45) is 0 Å². The normalized spacial score (nSPS) is 7.94. The molecule has 0 unspecified atom stereocenters. The predicted molar refractivity (Wildman–Crippen MR) is 63.1 cm³/mol. The lowest BCUT2D eigenvalue weighted by Crippen LogP contribution is -2.04. The average molecular weight is 252 g/mol. The molecule has 0 saturated carbocycles. The maximum absolute atomic E-state index is 10.8. The molecule has 0 aliphatic rings. The van der Waals surface area contributed by atoms with Gasteiger partial charge in [-0.1, -0.05) is 6.58 Å². The smallest absolute Gasteiger partial charge is 0.330 e. The van der Waals surface area contributed by atoms with E-state index in [1.165, 1.54) is 6.92 Å². The molecule has 0 bridgehead atoms. The van der Waals surface area contributed by atoms with Crippen molar-refractivity contribution in [3.63, 3.8) is 0 Å². The van der Waals surface area contributed by atoms with E-state index in [9.17, 15) is 9.59 Å². The highest BCUT2D eigenvalue weighted by Gasteiger charge is 2.00. The summed E-state index contributed by atoms with van der Waals surface area (Å²) in [5.74, 6) is -1.27. The van der Waals surface area contributed by atoms with Gasteiger partial charge in [-0.2, -0.15) is 10.5 Å². The summed E-state index contributed by atoms with van der Waals surface area (Å²) in [6, 6.07) is 3.79. The van der Waals surface area contributed by atoms with Gasteiger partial charge in [0.05, 0.1) is 18.6 Å². The lowest BCUT2D eigenvalue weighted by Gasteiger charge is -1.99. The highest BCUT2D eigenvalue weighted by molar-refractivity contribution is 5.84. The van der Waals surface area contributed by atoms with Crippen LogP contribution in [0.3, 0.4) is 0 Å². The lowest BCUT2D eigenvalue weighted by atomic mass is 10.2. The van der Waals surface area contributed by atoms with Crippen LogP contribution >= 0.6 is 0 Å². The van der Waals surface area contributed by atoms with Gasteiger partial charge < -0.3 is 9.84 Å². The van der Waals surface area contributed by atoms with Crippen molar-refractivity contribution in [2.45, 2.75) is 32.6 Å². The molecule has 6 nitrogen and oxygen atoms in total. The quantitative estimate of drug-likeness (QED) is 0.438. The molecule has 0 amide bonds. The number of carboxylic acids is 1. The molecule has 0 rings (SSSR count). The molecule has 0 spiro atoms. The van der Waals surface area contributed by atoms with Gasteiger partial charge in [-0.15, -0.1) is 0 Å². The van der Waals surface area contributed by atoms with Crippen molar-refractivity contribution in [1.82, 2.24) is 0 Å². The van der Waals surface area contributed by atoms with Crippen LogP contribution in [0.5, 0.6) is 0 Å². The fourth-order valence-electron chi connectivity index (χ4n) is 0.594. The van der Waals surface area contributed by atoms with Crippen LogP contribution in [0.15, 0.2) is 12.2 Å². The third kappa shape index (κ3) is 16.1. The van der Waals surface area contributed by atoms with E-state index in [0.717, 1.165) is 0 Å². The number of unbranched alkanes of at least 4 members (excludes halogenated alkanes) is 1. The molecule has 0 aliphatic carbocycles. The van der Waals surface area contributed by atoms with E-state index in [1.54, 1.807) is 0 Å². The zero-order valence-electron chi connectivity index (χ0n) is 10.3. The first-order valence-corrected chi connectivity index (χ1v) is 5.24.